The summed E-state index contributed by atoms with van der Waals surface area (Å²) >= 11 is 0. The highest BCUT2D eigenvalue weighted by molar-refractivity contribution is 7.86. The van der Waals surface area contributed by atoms with Gasteiger partial charge in [0, 0.05) is 26.2 Å². The second-order valence-corrected chi connectivity index (χ2v) is 6.98. The molecule has 5 nitrogen and oxygen atoms in total. The fraction of sp³-hybridized carbons (Fsp3) is 0.846. The molecule has 1 aliphatic heterocycles. The number of rotatable bonds is 8. The van der Waals surface area contributed by atoms with E-state index in [9.17, 15) is 8.42 Å². The van der Waals surface area contributed by atoms with Gasteiger partial charge in [0.05, 0.1) is 0 Å². The molecule has 0 radical (unpaired) electrons. The molecular formula is C13H27N3O2S. The molecule has 0 aromatic heterocycles. The predicted octanol–water partition coefficient (Wildman–Crippen LogP) is 1.06. The molecule has 0 aliphatic carbocycles. The Balaban J connectivity index is 2.64. The first-order chi connectivity index (χ1) is 9.06. The molecule has 19 heavy (non-hydrogen) atoms. The van der Waals surface area contributed by atoms with Crippen LogP contribution in [-0.4, -0.2) is 56.8 Å². The van der Waals surface area contributed by atoms with Gasteiger partial charge in [-0.2, -0.15) is 17.0 Å². The summed E-state index contributed by atoms with van der Waals surface area (Å²) < 4.78 is 28.2. The van der Waals surface area contributed by atoms with Crippen LogP contribution in [0.25, 0.3) is 0 Å². The van der Waals surface area contributed by atoms with E-state index >= 15 is 0 Å². The summed E-state index contributed by atoms with van der Waals surface area (Å²) in [7, 11) is -1.37. The highest BCUT2D eigenvalue weighted by Crippen LogP contribution is 2.21. The molecule has 0 aromatic carbocycles. The summed E-state index contributed by atoms with van der Waals surface area (Å²) in [6, 6.07) is 0. The number of nitrogens with zero attached hydrogens (tertiary/aromatic N) is 2. The van der Waals surface area contributed by atoms with Crippen molar-refractivity contribution in [2.24, 2.45) is 5.92 Å². The zero-order chi connectivity index (χ0) is 14.3. The van der Waals surface area contributed by atoms with Gasteiger partial charge >= 0.3 is 0 Å². The third-order valence-corrected chi connectivity index (χ3v) is 5.53. The lowest BCUT2D eigenvalue weighted by molar-refractivity contribution is 0.254. The molecular weight excluding hydrogens is 262 g/mol. The summed E-state index contributed by atoms with van der Waals surface area (Å²) in [6.07, 6.45) is 4.35. The molecule has 1 heterocycles. The van der Waals surface area contributed by atoms with E-state index in [0.29, 0.717) is 32.1 Å². The highest BCUT2D eigenvalue weighted by Gasteiger charge is 2.31. The molecule has 0 atom stereocenters. The van der Waals surface area contributed by atoms with Crippen LogP contribution in [0.3, 0.4) is 0 Å². The lowest BCUT2D eigenvalue weighted by Crippen LogP contribution is -2.48. The van der Waals surface area contributed by atoms with Crippen LogP contribution in [0.5, 0.6) is 0 Å². The number of nitrogens with one attached hydrogen (secondary N) is 1. The molecule has 0 unspecified atom stereocenters. The van der Waals surface area contributed by atoms with E-state index in [1.807, 2.05) is 14.0 Å². The molecule has 1 N–H and O–H groups in total. The van der Waals surface area contributed by atoms with Gasteiger partial charge in [0.1, 0.15) is 0 Å². The Morgan fingerprint density at radius 1 is 1.42 bits per heavy atom. The molecule has 0 spiro atoms. The normalized spacial score (nSPS) is 18.9. The first kappa shape index (κ1) is 16.6. The molecule has 0 amide bonds. The van der Waals surface area contributed by atoms with Crippen molar-refractivity contribution in [3.8, 4) is 0 Å². The molecule has 1 saturated heterocycles. The van der Waals surface area contributed by atoms with Crippen molar-refractivity contribution in [2.45, 2.75) is 26.2 Å². The van der Waals surface area contributed by atoms with Gasteiger partial charge in [0.2, 0.25) is 0 Å². The maximum atomic E-state index is 12.5. The maximum absolute atomic E-state index is 12.5. The van der Waals surface area contributed by atoms with E-state index in [1.165, 1.54) is 4.31 Å². The molecule has 112 valence electrons. The van der Waals surface area contributed by atoms with Crippen LogP contribution in [0.2, 0.25) is 0 Å². The van der Waals surface area contributed by atoms with E-state index < -0.39 is 10.2 Å². The zero-order valence-corrected chi connectivity index (χ0v) is 13.0. The van der Waals surface area contributed by atoms with Gasteiger partial charge < -0.3 is 5.32 Å². The minimum Gasteiger partial charge on any atom is -0.319 e. The standard InChI is InChI=1S/C13H27N3O2S/c1-4-8-15(9-5-2)19(17,18)16-10-6-13(7-11-16)12-14-3/h4,13-14H,1,5-12H2,2-3H3. The summed E-state index contributed by atoms with van der Waals surface area (Å²) in [4.78, 5) is 0. The van der Waals surface area contributed by atoms with Gasteiger partial charge in [-0.05, 0) is 38.8 Å². The number of piperidine rings is 1. The molecule has 0 aromatic rings. The van der Waals surface area contributed by atoms with Crippen LogP contribution in [-0.2, 0) is 10.2 Å². The highest BCUT2D eigenvalue weighted by atomic mass is 32.2. The van der Waals surface area contributed by atoms with Crippen LogP contribution in [0, 0.1) is 5.92 Å². The molecule has 0 bridgehead atoms. The predicted molar refractivity (Wildman–Crippen MR) is 79.2 cm³/mol. The summed E-state index contributed by atoms with van der Waals surface area (Å²) in [5.74, 6) is 0.593. The molecule has 6 heteroatoms. The van der Waals surface area contributed by atoms with E-state index in [4.69, 9.17) is 0 Å². The van der Waals surface area contributed by atoms with Crippen molar-refractivity contribution in [2.75, 3.05) is 39.8 Å². The second-order valence-electron chi connectivity index (χ2n) is 5.05. The van der Waals surface area contributed by atoms with Gasteiger partial charge in [0.15, 0.2) is 0 Å². The van der Waals surface area contributed by atoms with Gasteiger partial charge in [-0.3, -0.25) is 0 Å². The molecule has 1 fully saturated rings. The quantitative estimate of drug-likeness (QED) is 0.680. The van der Waals surface area contributed by atoms with Gasteiger partial charge in [0.25, 0.3) is 10.2 Å². The first-order valence-corrected chi connectivity index (χ1v) is 8.46. The lowest BCUT2D eigenvalue weighted by Gasteiger charge is -2.34. The minimum atomic E-state index is -3.31. The Morgan fingerprint density at radius 3 is 2.53 bits per heavy atom. The first-order valence-electron chi connectivity index (χ1n) is 7.07. The third-order valence-electron chi connectivity index (χ3n) is 3.52. The monoisotopic (exact) mass is 289 g/mol. The maximum Gasteiger partial charge on any atom is 0.282 e. The summed E-state index contributed by atoms with van der Waals surface area (Å²) in [5.41, 5.74) is 0. The van der Waals surface area contributed by atoms with Gasteiger partial charge in [-0.25, -0.2) is 0 Å². The second kappa shape index (κ2) is 7.99. The van der Waals surface area contributed by atoms with Crippen molar-refractivity contribution in [1.29, 1.82) is 0 Å². The Bertz CT molecular complexity index is 362. The zero-order valence-electron chi connectivity index (χ0n) is 12.1. The minimum absolute atomic E-state index is 0.395. The molecule has 0 saturated carbocycles. The Labute approximate surface area is 117 Å². The van der Waals surface area contributed by atoms with E-state index in [-0.39, 0.29) is 0 Å². The number of hydrogen-bond donors (Lipinski definition) is 1. The van der Waals surface area contributed by atoms with Gasteiger partial charge in [-0.1, -0.05) is 13.0 Å². The fourth-order valence-corrected chi connectivity index (χ4v) is 4.20. The van der Waals surface area contributed by atoms with Crippen LogP contribution in [0.4, 0.5) is 0 Å². The smallest absolute Gasteiger partial charge is 0.282 e. The fourth-order valence-electron chi connectivity index (χ4n) is 2.49. The lowest BCUT2D eigenvalue weighted by atomic mass is 9.98. The summed E-state index contributed by atoms with van der Waals surface area (Å²) in [5, 5.41) is 3.16. The average molecular weight is 289 g/mol. The third kappa shape index (κ3) is 4.56. The number of hydrogen-bond acceptors (Lipinski definition) is 3. The Kier molecular flexibility index (Phi) is 6.99. The van der Waals surface area contributed by atoms with Crippen molar-refractivity contribution in [3.63, 3.8) is 0 Å². The SMILES string of the molecule is C=CCN(CCC)S(=O)(=O)N1CCC(CNC)CC1. The van der Waals surface area contributed by atoms with Crippen molar-refractivity contribution >= 4 is 10.2 Å². The largest absolute Gasteiger partial charge is 0.319 e. The molecule has 1 aliphatic rings. The van der Waals surface area contributed by atoms with Crippen molar-refractivity contribution in [3.05, 3.63) is 12.7 Å². The van der Waals surface area contributed by atoms with Crippen LogP contribution < -0.4 is 5.32 Å². The van der Waals surface area contributed by atoms with E-state index in [1.54, 1.807) is 10.4 Å². The van der Waals surface area contributed by atoms with Gasteiger partial charge in [-0.15, -0.1) is 6.58 Å². The van der Waals surface area contributed by atoms with Crippen molar-refractivity contribution in [1.82, 2.24) is 13.9 Å². The Morgan fingerprint density at radius 2 is 2.05 bits per heavy atom. The van der Waals surface area contributed by atoms with Crippen LogP contribution in [0.1, 0.15) is 26.2 Å². The van der Waals surface area contributed by atoms with Crippen molar-refractivity contribution < 1.29 is 8.42 Å². The molecule has 1 rings (SSSR count). The average Bonchev–Trinajstić information content (AvgIpc) is 2.39. The van der Waals surface area contributed by atoms with E-state index in [2.05, 4.69) is 11.9 Å². The van der Waals surface area contributed by atoms with Crippen LogP contribution >= 0.6 is 0 Å². The topological polar surface area (TPSA) is 52.7 Å². The van der Waals surface area contributed by atoms with E-state index in [0.717, 1.165) is 25.8 Å². The Hall–Kier alpha value is -0.430. The summed E-state index contributed by atoms with van der Waals surface area (Å²) in [6.45, 7) is 8.82. The van der Waals surface area contributed by atoms with Crippen LogP contribution in [0.15, 0.2) is 12.7 Å².